The van der Waals surface area contributed by atoms with Gasteiger partial charge in [0, 0.05) is 10.4 Å². The maximum Gasteiger partial charge on any atom is 0.259 e. The number of ketones is 1. The zero-order valence-corrected chi connectivity index (χ0v) is 17.4. The van der Waals surface area contributed by atoms with Gasteiger partial charge in [0.25, 0.3) is 5.56 Å². The van der Waals surface area contributed by atoms with E-state index in [4.69, 9.17) is 0 Å². The van der Waals surface area contributed by atoms with Gasteiger partial charge in [-0.15, -0.1) is 23.1 Å². The van der Waals surface area contributed by atoms with E-state index in [0.717, 1.165) is 33.7 Å². The Bertz CT molecular complexity index is 1100. The highest BCUT2D eigenvalue weighted by Gasteiger charge is 2.20. The number of fused-ring (bicyclic) bond motifs is 2. The third-order valence-corrected chi connectivity index (χ3v) is 7.57. The molecule has 0 amide bonds. The van der Waals surface area contributed by atoms with Crippen LogP contribution in [0.4, 0.5) is 0 Å². The molecule has 0 saturated heterocycles. The van der Waals surface area contributed by atoms with Crippen molar-refractivity contribution in [3.8, 4) is 0 Å². The van der Waals surface area contributed by atoms with Crippen molar-refractivity contribution in [3.05, 3.63) is 61.5 Å². The Morgan fingerprint density at radius 1 is 1.30 bits per heavy atom. The molecule has 0 aliphatic heterocycles. The lowest BCUT2D eigenvalue weighted by molar-refractivity contribution is 0.0994. The predicted octanol–water partition coefficient (Wildman–Crippen LogP) is 4.59. The first-order valence-corrected chi connectivity index (χ1v) is 11.1. The lowest BCUT2D eigenvalue weighted by Gasteiger charge is -2.11. The number of hydrogen-bond donors (Lipinski definition) is 1. The third-order valence-electron chi connectivity index (χ3n) is 5.31. The molecule has 4 nitrogen and oxygen atoms in total. The van der Waals surface area contributed by atoms with Gasteiger partial charge in [0.15, 0.2) is 5.78 Å². The summed E-state index contributed by atoms with van der Waals surface area (Å²) in [6, 6.07) is 6.11. The normalized spacial score (nSPS) is 14.5. The summed E-state index contributed by atoms with van der Waals surface area (Å²) < 4.78 is 0. The minimum Gasteiger partial charge on any atom is -0.309 e. The second kappa shape index (κ2) is 7.24. The summed E-state index contributed by atoms with van der Waals surface area (Å²) in [7, 11) is 0. The second-order valence-corrected chi connectivity index (χ2v) is 9.66. The van der Waals surface area contributed by atoms with Crippen LogP contribution in [0.2, 0.25) is 0 Å². The molecule has 1 aromatic carbocycles. The Morgan fingerprint density at radius 2 is 2.07 bits per heavy atom. The van der Waals surface area contributed by atoms with Gasteiger partial charge in [-0.25, -0.2) is 4.98 Å². The highest BCUT2D eigenvalue weighted by Crippen LogP contribution is 2.28. The summed E-state index contributed by atoms with van der Waals surface area (Å²) in [6.45, 7) is 5.89. The molecule has 6 heteroatoms. The van der Waals surface area contributed by atoms with Crippen LogP contribution in [0.5, 0.6) is 0 Å². The van der Waals surface area contributed by atoms with Crippen molar-refractivity contribution in [1.29, 1.82) is 0 Å². The van der Waals surface area contributed by atoms with Crippen LogP contribution < -0.4 is 5.56 Å². The first-order chi connectivity index (χ1) is 12.9. The van der Waals surface area contributed by atoms with Gasteiger partial charge in [-0.3, -0.25) is 9.59 Å². The van der Waals surface area contributed by atoms with E-state index >= 15 is 0 Å². The van der Waals surface area contributed by atoms with E-state index in [1.54, 1.807) is 11.3 Å². The lowest BCUT2D eigenvalue weighted by atomic mass is 10.0. The number of aryl methyl sites for hydroxylation is 4. The molecular weight excluding hydrogens is 376 g/mol. The van der Waals surface area contributed by atoms with Crippen molar-refractivity contribution in [2.45, 2.75) is 51.0 Å². The molecule has 2 aromatic heterocycles. The van der Waals surface area contributed by atoms with Crippen molar-refractivity contribution >= 4 is 39.1 Å². The third kappa shape index (κ3) is 3.48. The van der Waals surface area contributed by atoms with Gasteiger partial charge in [0.1, 0.15) is 10.7 Å². The number of carbonyl (C=O) groups excluding carboxylic acids is 1. The van der Waals surface area contributed by atoms with Crippen molar-refractivity contribution < 1.29 is 4.79 Å². The zero-order chi connectivity index (χ0) is 19.1. The van der Waals surface area contributed by atoms with Crippen LogP contribution in [0.25, 0.3) is 10.2 Å². The van der Waals surface area contributed by atoms with Gasteiger partial charge in [-0.2, -0.15) is 0 Å². The van der Waals surface area contributed by atoms with Crippen molar-refractivity contribution in [3.63, 3.8) is 0 Å². The SMILES string of the molecule is Cc1sc2nc(CS[C@H](C)C(=O)c3ccc4c(c3)CCC4)[nH]c(=O)c2c1C. The number of aromatic amines is 1. The van der Waals surface area contributed by atoms with E-state index < -0.39 is 0 Å². The predicted molar refractivity (Wildman–Crippen MR) is 113 cm³/mol. The van der Waals surface area contributed by atoms with Crippen LogP contribution in [0.15, 0.2) is 23.0 Å². The molecule has 1 atom stereocenters. The fourth-order valence-electron chi connectivity index (χ4n) is 3.61. The van der Waals surface area contributed by atoms with Crippen molar-refractivity contribution in [1.82, 2.24) is 9.97 Å². The summed E-state index contributed by atoms with van der Waals surface area (Å²) >= 11 is 3.06. The Morgan fingerprint density at radius 3 is 2.89 bits per heavy atom. The highest BCUT2D eigenvalue weighted by molar-refractivity contribution is 7.99. The molecule has 27 heavy (non-hydrogen) atoms. The van der Waals surface area contributed by atoms with Gasteiger partial charge in [-0.1, -0.05) is 12.1 Å². The number of aromatic nitrogens is 2. The molecule has 1 aliphatic carbocycles. The lowest BCUT2D eigenvalue weighted by Crippen LogP contribution is -2.16. The Labute approximate surface area is 166 Å². The molecule has 0 radical (unpaired) electrons. The minimum atomic E-state index is -0.183. The molecule has 0 spiro atoms. The van der Waals surface area contributed by atoms with E-state index in [-0.39, 0.29) is 16.6 Å². The number of Topliss-reactive ketones (excluding diaryl/α,β-unsaturated/α-hetero) is 1. The van der Waals surface area contributed by atoms with Gasteiger partial charge in [0.2, 0.25) is 0 Å². The van der Waals surface area contributed by atoms with Gasteiger partial charge >= 0.3 is 0 Å². The number of H-pyrrole nitrogens is 1. The first kappa shape index (κ1) is 18.4. The number of carbonyl (C=O) groups is 1. The molecule has 4 rings (SSSR count). The molecule has 0 fully saturated rings. The van der Waals surface area contributed by atoms with Crippen LogP contribution in [-0.2, 0) is 18.6 Å². The minimum absolute atomic E-state index is 0.0879. The number of hydrogen-bond acceptors (Lipinski definition) is 5. The molecular formula is C21H22N2O2S2. The molecule has 0 bridgehead atoms. The number of nitrogens with one attached hydrogen (secondary N) is 1. The Kier molecular flexibility index (Phi) is 4.95. The average Bonchev–Trinajstić information content (AvgIpc) is 3.23. The summed E-state index contributed by atoms with van der Waals surface area (Å²) in [5.41, 5.74) is 4.40. The van der Waals surface area contributed by atoms with Crippen LogP contribution in [0.3, 0.4) is 0 Å². The van der Waals surface area contributed by atoms with Gasteiger partial charge in [-0.05, 0) is 62.8 Å². The van der Waals surface area contributed by atoms with Crippen LogP contribution in [-0.4, -0.2) is 21.0 Å². The molecule has 0 unspecified atom stereocenters. The first-order valence-electron chi connectivity index (χ1n) is 9.20. The van der Waals surface area contributed by atoms with E-state index in [2.05, 4.69) is 22.1 Å². The van der Waals surface area contributed by atoms with E-state index in [1.807, 2.05) is 26.8 Å². The molecule has 2 heterocycles. The molecule has 1 N–H and O–H groups in total. The fraction of sp³-hybridized carbons (Fsp3) is 0.381. The Balaban J connectivity index is 1.49. The van der Waals surface area contributed by atoms with E-state index in [1.165, 1.54) is 29.3 Å². The molecule has 3 aromatic rings. The van der Waals surface area contributed by atoms with Crippen molar-refractivity contribution in [2.24, 2.45) is 0 Å². The Hall–Kier alpha value is -1.92. The quantitative estimate of drug-likeness (QED) is 0.638. The smallest absolute Gasteiger partial charge is 0.259 e. The zero-order valence-electron chi connectivity index (χ0n) is 15.7. The molecule has 0 saturated carbocycles. The molecule has 1 aliphatic rings. The second-order valence-electron chi connectivity index (χ2n) is 7.13. The topological polar surface area (TPSA) is 62.8 Å². The summed E-state index contributed by atoms with van der Waals surface area (Å²) in [5.74, 6) is 1.28. The van der Waals surface area contributed by atoms with E-state index in [0.29, 0.717) is 17.0 Å². The molecule has 140 valence electrons. The summed E-state index contributed by atoms with van der Waals surface area (Å²) in [6.07, 6.45) is 3.38. The average molecular weight is 399 g/mol. The number of rotatable bonds is 5. The van der Waals surface area contributed by atoms with E-state index in [9.17, 15) is 9.59 Å². The summed E-state index contributed by atoms with van der Waals surface area (Å²) in [5, 5.41) is 0.505. The largest absolute Gasteiger partial charge is 0.309 e. The van der Waals surface area contributed by atoms with Crippen molar-refractivity contribution in [2.75, 3.05) is 0 Å². The van der Waals surface area contributed by atoms with Gasteiger partial charge < -0.3 is 4.98 Å². The number of thioether (sulfide) groups is 1. The van der Waals surface area contributed by atoms with Crippen LogP contribution >= 0.6 is 23.1 Å². The maximum atomic E-state index is 12.8. The summed E-state index contributed by atoms with van der Waals surface area (Å²) in [4.78, 5) is 34.5. The number of benzene rings is 1. The standard InChI is InChI=1S/C21H22N2O2S2/c1-11-12(2)27-21-18(11)20(25)22-17(23-21)10-26-13(3)19(24)16-8-7-14-5-4-6-15(14)9-16/h7-9,13H,4-6,10H2,1-3H3,(H,22,23,25)/t13-/m1/s1. The fourth-order valence-corrected chi connectivity index (χ4v) is 5.49. The van der Waals surface area contributed by atoms with Gasteiger partial charge in [0.05, 0.1) is 16.4 Å². The maximum absolute atomic E-state index is 12.8. The monoisotopic (exact) mass is 398 g/mol. The van der Waals surface area contributed by atoms with Crippen LogP contribution in [0.1, 0.15) is 51.1 Å². The number of thiophene rings is 1. The highest BCUT2D eigenvalue weighted by atomic mass is 32.2. The van der Waals surface area contributed by atoms with Crippen LogP contribution in [0, 0.1) is 13.8 Å². The number of nitrogens with zero attached hydrogens (tertiary/aromatic N) is 1.